The molecule has 0 aliphatic carbocycles. The first-order chi connectivity index (χ1) is 15.0. The Morgan fingerprint density at radius 1 is 1.19 bits per heavy atom. The van der Waals surface area contributed by atoms with Crippen LogP contribution in [0.25, 0.3) is 0 Å². The highest BCUT2D eigenvalue weighted by molar-refractivity contribution is 8.00. The lowest BCUT2D eigenvalue weighted by Crippen LogP contribution is -2.38. The minimum absolute atomic E-state index is 0.0480. The molecular formula is C25H34N2O3S. The Labute approximate surface area is 190 Å². The number of rotatable bonds is 10. The number of nitrogens with zero attached hydrogens (tertiary/aromatic N) is 1. The van der Waals surface area contributed by atoms with Gasteiger partial charge in [0.05, 0.1) is 5.56 Å². The highest BCUT2D eigenvalue weighted by Gasteiger charge is 2.18. The maximum Gasteiger partial charge on any atom is 0.252 e. The van der Waals surface area contributed by atoms with E-state index in [4.69, 9.17) is 9.47 Å². The van der Waals surface area contributed by atoms with Crippen LogP contribution < -0.4 is 10.1 Å². The summed E-state index contributed by atoms with van der Waals surface area (Å²) in [6.07, 6.45) is 2.18. The van der Waals surface area contributed by atoms with Crippen molar-refractivity contribution in [3.8, 4) is 5.75 Å². The van der Waals surface area contributed by atoms with Gasteiger partial charge in [-0.25, -0.2) is 0 Å². The molecule has 0 unspecified atom stereocenters. The summed E-state index contributed by atoms with van der Waals surface area (Å²) in [6.45, 7) is 7.96. The number of thioether (sulfide) groups is 1. The third kappa shape index (κ3) is 7.56. The second kappa shape index (κ2) is 12.1. The monoisotopic (exact) mass is 442 g/mol. The molecule has 1 N–H and O–H groups in total. The van der Waals surface area contributed by atoms with Crippen LogP contribution in [0.5, 0.6) is 5.75 Å². The summed E-state index contributed by atoms with van der Waals surface area (Å²) in [5.74, 6) is 0.788. The molecule has 1 heterocycles. The van der Waals surface area contributed by atoms with Crippen molar-refractivity contribution in [2.24, 2.45) is 0 Å². The molecule has 1 fully saturated rings. The molecule has 0 radical (unpaired) electrons. The predicted molar refractivity (Wildman–Crippen MR) is 127 cm³/mol. The van der Waals surface area contributed by atoms with Crippen molar-refractivity contribution in [1.29, 1.82) is 0 Å². The fraction of sp³-hybridized carbons (Fsp3) is 0.480. The van der Waals surface area contributed by atoms with Crippen LogP contribution in [-0.4, -0.2) is 55.5 Å². The Hall–Kier alpha value is -2.02. The third-order valence-corrected chi connectivity index (χ3v) is 6.45. The number of hydrogen-bond acceptors (Lipinski definition) is 5. The zero-order valence-electron chi connectivity index (χ0n) is 18.8. The minimum Gasteiger partial charge on any atom is -0.492 e. The van der Waals surface area contributed by atoms with Crippen molar-refractivity contribution in [3.63, 3.8) is 0 Å². The molecule has 1 amide bonds. The number of amides is 1. The quantitative estimate of drug-likeness (QED) is 0.545. The van der Waals surface area contributed by atoms with E-state index >= 15 is 0 Å². The summed E-state index contributed by atoms with van der Waals surface area (Å²) >= 11 is 1.71. The molecule has 0 bridgehead atoms. The first-order valence-corrected chi connectivity index (χ1v) is 11.9. The lowest BCUT2D eigenvalue weighted by atomic mass is 10.1. The fourth-order valence-corrected chi connectivity index (χ4v) is 4.60. The molecular weight excluding hydrogens is 408 g/mol. The third-order valence-electron chi connectivity index (χ3n) is 5.37. The summed E-state index contributed by atoms with van der Waals surface area (Å²) in [5.41, 5.74) is 1.75. The normalized spacial score (nSPS) is 14.7. The molecule has 1 aliphatic heterocycles. The summed E-state index contributed by atoms with van der Waals surface area (Å²) in [5, 5.41) is 3.47. The first kappa shape index (κ1) is 23.6. The van der Waals surface area contributed by atoms with E-state index in [9.17, 15) is 4.79 Å². The van der Waals surface area contributed by atoms with E-state index in [1.54, 1.807) is 11.8 Å². The number of carbonyl (C=O) groups excluding carboxylic acids is 1. The second-order valence-electron chi connectivity index (χ2n) is 8.17. The lowest BCUT2D eigenvalue weighted by molar-refractivity contribution is 0.0392. The Kier molecular flexibility index (Phi) is 9.25. The van der Waals surface area contributed by atoms with Gasteiger partial charge in [0.1, 0.15) is 12.4 Å². The smallest absolute Gasteiger partial charge is 0.252 e. The van der Waals surface area contributed by atoms with E-state index in [1.165, 1.54) is 0 Å². The molecule has 31 heavy (non-hydrogen) atoms. The average molecular weight is 443 g/mol. The Morgan fingerprint density at radius 2 is 1.97 bits per heavy atom. The SMILES string of the molecule is CC(C)Sc1ccccc1C(=O)NCc1cccc(OCCN(C)C2CCOCC2)c1. The molecule has 0 atom stereocenters. The van der Waals surface area contributed by atoms with E-state index < -0.39 is 0 Å². The van der Waals surface area contributed by atoms with Gasteiger partial charge in [0.2, 0.25) is 0 Å². The molecule has 3 rings (SSSR count). The number of benzene rings is 2. The molecule has 1 saturated heterocycles. The van der Waals surface area contributed by atoms with Crippen LogP contribution in [0.4, 0.5) is 0 Å². The van der Waals surface area contributed by atoms with E-state index in [0.29, 0.717) is 24.4 Å². The topological polar surface area (TPSA) is 50.8 Å². The van der Waals surface area contributed by atoms with Gasteiger partial charge in [-0.15, -0.1) is 11.8 Å². The molecule has 2 aromatic rings. The lowest BCUT2D eigenvalue weighted by Gasteiger charge is -2.31. The Balaban J connectivity index is 1.48. The highest BCUT2D eigenvalue weighted by Crippen LogP contribution is 2.26. The standard InChI is InChI=1S/C25H34N2O3S/c1-19(2)31-24-10-5-4-9-23(24)25(28)26-18-20-7-6-8-22(17-20)30-16-13-27(3)21-11-14-29-15-12-21/h4-10,17,19,21H,11-16,18H2,1-3H3,(H,26,28). The van der Waals surface area contributed by atoms with Gasteiger partial charge in [-0.3, -0.25) is 9.69 Å². The molecule has 168 valence electrons. The van der Waals surface area contributed by atoms with E-state index in [0.717, 1.165) is 54.4 Å². The molecule has 0 aromatic heterocycles. The zero-order valence-corrected chi connectivity index (χ0v) is 19.6. The molecule has 2 aromatic carbocycles. The van der Waals surface area contributed by atoms with Gasteiger partial charge in [0, 0.05) is 42.5 Å². The van der Waals surface area contributed by atoms with Crippen molar-refractivity contribution in [3.05, 3.63) is 59.7 Å². The van der Waals surface area contributed by atoms with Crippen molar-refractivity contribution in [1.82, 2.24) is 10.2 Å². The summed E-state index contributed by atoms with van der Waals surface area (Å²) < 4.78 is 11.4. The number of carbonyl (C=O) groups is 1. The van der Waals surface area contributed by atoms with Crippen molar-refractivity contribution < 1.29 is 14.3 Å². The first-order valence-electron chi connectivity index (χ1n) is 11.1. The van der Waals surface area contributed by atoms with E-state index in [2.05, 4.69) is 31.1 Å². The van der Waals surface area contributed by atoms with Crippen LogP contribution in [0.15, 0.2) is 53.4 Å². The van der Waals surface area contributed by atoms with E-state index in [1.807, 2.05) is 48.5 Å². The van der Waals surface area contributed by atoms with Gasteiger partial charge in [0.15, 0.2) is 0 Å². The van der Waals surface area contributed by atoms with Gasteiger partial charge >= 0.3 is 0 Å². The Bertz CT molecular complexity index is 837. The molecule has 5 nitrogen and oxygen atoms in total. The fourth-order valence-electron chi connectivity index (χ4n) is 3.65. The molecule has 6 heteroatoms. The predicted octanol–water partition coefficient (Wildman–Crippen LogP) is 4.61. The van der Waals surface area contributed by atoms with Gasteiger partial charge in [-0.2, -0.15) is 0 Å². The summed E-state index contributed by atoms with van der Waals surface area (Å²) in [7, 11) is 2.15. The number of nitrogens with one attached hydrogen (secondary N) is 1. The zero-order chi connectivity index (χ0) is 22.1. The van der Waals surface area contributed by atoms with Crippen LogP contribution in [-0.2, 0) is 11.3 Å². The van der Waals surface area contributed by atoms with Gasteiger partial charge in [-0.1, -0.05) is 38.1 Å². The van der Waals surface area contributed by atoms with E-state index in [-0.39, 0.29) is 5.91 Å². The van der Waals surface area contributed by atoms with Crippen LogP contribution in [0, 0.1) is 0 Å². The van der Waals surface area contributed by atoms with Crippen molar-refractivity contribution >= 4 is 17.7 Å². The minimum atomic E-state index is -0.0480. The second-order valence-corrected chi connectivity index (χ2v) is 9.78. The van der Waals surface area contributed by atoms with Crippen molar-refractivity contribution in [2.45, 2.75) is 49.4 Å². The number of hydrogen-bond donors (Lipinski definition) is 1. The molecule has 0 spiro atoms. The Morgan fingerprint density at radius 3 is 2.74 bits per heavy atom. The average Bonchev–Trinajstić information content (AvgIpc) is 2.78. The molecule has 1 aliphatic rings. The molecule has 0 saturated carbocycles. The van der Waals surface area contributed by atoms with Crippen molar-refractivity contribution in [2.75, 3.05) is 33.4 Å². The van der Waals surface area contributed by atoms with Gasteiger partial charge in [0.25, 0.3) is 5.91 Å². The van der Waals surface area contributed by atoms with Gasteiger partial charge in [-0.05, 0) is 49.7 Å². The largest absolute Gasteiger partial charge is 0.492 e. The highest BCUT2D eigenvalue weighted by atomic mass is 32.2. The summed E-state index contributed by atoms with van der Waals surface area (Å²) in [4.78, 5) is 16.1. The van der Waals surface area contributed by atoms with Crippen LogP contribution in [0.3, 0.4) is 0 Å². The number of likely N-dealkylation sites (N-methyl/N-ethyl adjacent to an activating group) is 1. The summed E-state index contributed by atoms with van der Waals surface area (Å²) in [6, 6.07) is 16.3. The maximum absolute atomic E-state index is 12.7. The van der Waals surface area contributed by atoms with Crippen LogP contribution in [0.1, 0.15) is 42.6 Å². The van der Waals surface area contributed by atoms with Crippen LogP contribution >= 0.6 is 11.8 Å². The number of ether oxygens (including phenoxy) is 2. The van der Waals surface area contributed by atoms with Gasteiger partial charge < -0.3 is 14.8 Å². The van der Waals surface area contributed by atoms with Crippen LogP contribution in [0.2, 0.25) is 0 Å². The maximum atomic E-state index is 12.7.